The Morgan fingerprint density at radius 2 is 1.15 bits per heavy atom. The van der Waals surface area contributed by atoms with Crippen LogP contribution in [-0.4, -0.2) is 0 Å². The van der Waals surface area contributed by atoms with Crippen molar-refractivity contribution in [1.29, 1.82) is 0 Å². The Balaban J connectivity index is 1.33. The molecule has 1 atom stereocenters. The van der Waals surface area contributed by atoms with E-state index in [9.17, 15) is 0 Å². The second-order valence-corrected chi connectivity index (χ2v) is 13.6. The standard InChI is InChI=1S/C46H38N2/c1-30-11-2-6-21-42(30)46(43-22-7-5-20-39(43)31-14-8-15-31)44-24-23-37(28-40(44)41-27-35-12-3-4-13-36(35)29-45(41)46)33-17-9-16-32(25-33)34-18-10-19-38(26-34)48-47/h2-7,9-13,16-29,31,48H,8,14-15,47H2,1H3. The summed E-state index contributed by atoms with van der Waals surface area (Å²) in [6, 6.07) is 56.5. The molecule has 0 amide bonds. The highest BCUT2D eigenvalue weighted by molar-refractivity contribution is 5.97. The lowest BCUT2D eigenvalue weighted by Crippen LogP contribution is -2.32. The number of nitrogens with two attached hydrogens (primary N) is 1. The molecule has 0 aliphatic heterocycles. The first-order valence-electron chi connectivity index (χ1n) is 17.2. The molecule has 2 aliphatic rings. The zero-order valence-electron chi connectivity index (χ0n) is 27.2. The SMILES string of the molecule is Cc1ccccc1C1(c2ccccc2C2CCC2)c2ccc(-c3cccc(-c4cccc(NN)c4)c3)cc2-c2cc3ccccc3cc21. The maximum Gasteiger partial charge on any atom is 0.0719 e. The van der Waals surface area contributed by atoms with Crippen molar-refractivity contribution < 1.29 is 0 Å². The van der Waals surface area contributed by atoms with Crippen LogP contribution in [0.25, 0.3) is 44.2 Å². The van der Waals surface area contributed by atoms with Crippen molar-refractivity contribution in [3.05, 3.63) is 185 Å². The number of fused-ring (bicyclic) bond motifs is 4. The van der Waals surface area contributed by atoms with Crippen molar-refractivity contribution in [3.8, 4) is 33.4 Å². The van der Waals surface area contributed by atoms with Gasteiger partial charge in [0.2, 0.25) is 0 Å². The van der Waals surface area contributed by atoms with Gasteiger partial charge in [-0.1, -0.05) is 122 Å². The third-order valence-corrected chi connectivity index (χ3v) is 11.0. The third kappa shape index (κ3) is 4.37. The predicted molar refractivity (Wildman–Crippen MR) is 201 cm³/mol. The first kappa shape index (κ1) is 28.8. The molecule has 7 aromatic carbocycles. The van der Waals surface area contributed by atoms with E-state index in [1.807, 2.05) is 12.1 Å². The van der Waals surface area contributed by atoms with E-state index in [0.717, 1.165) is 11.3 Å². The van der Waals surface area contributed by atoms with E-state index in [1.54, 1.807) is 0 Å². The zero-order valence-corrected chi connectivity index (χ0v) is 27.2. The highest BCUT2D eigenvalue weighted by Gasteiger charge is 2.48. The van der Waals surface area contributed by atoms with E-state index in [4.69, 9.17) is 5.84 Å². The second-order valence-electron chi connectivity index (χ2n) is 13.6. The van der Waals surface area contributed by atoms with Gasteiger partial charge < -0.3 is 5.43 Å². The molecule has 1 fully saturated rings. The van der Waals surface area contributed by atoms with Crippen molar-refractivity contribution in [3.63, 3.8) is 0 Å². The lowest BCUT2D eigenvalue weighted by molar-refractivity contribution is 0.415. The molecule has 0 spiro atoms. The van der Waals surface area contributed by atoms with E-state index in [2.05, 4.69) is 152 Å². The van der Waals surface area contributed by atoms with Crippen molar-refractivity contribution in [2.24, 2.45) is 5.84 Å². The van der Waals surface area contributed by atoms with Crippen molar-refractivity contribution in [1.82, 2.24) is 0 Å². The molecule has 1 unspecified atom stereocenters. The van der Waals surface area contributed by atoms with Crippen LogP contribution in [0, 0.1) is 6.92 Å². The fraction of sp³-hybridized carbons (Fsp3) is 0.130. The van der Waals surface area contributed by atoms with Gasteiger partial charge in [0.1, 0.15) is 0 Å². The molecular formula is C46H38N2. The van der Waals surface area contributed by atoms with Gasteiger partial charge in [0.25, 0.3) is 0 Å². The summed E-state index contributed by atoms with van der Waals surface area (Å²) < 4.78 is 0. The molecule has 232 valence electrons. The van der Waals surface area contributed by atoms with Gasteiger partial charge in [0, 0.05) is 5.69 Å². The number of rotatable bonds is 6. The molecule has 0 bridgehead atoms. The minimum atomic E-state index is -0.428. The monoisotopic (exact) mass is 618 g/mol. The Labute approximate surface area is 282 Å². The first-order chi connectivity index (χ1) is 23.6. The van der Waals surface area contributed by atoms with Crippen LogP contribution in [0.2, 0.25) is 0 Å². The maximum atomic E-state index is 5.75. The number of hydrogen-bond donors (Lipinski definition) is 2. The van der Waals surface area contributed by atoms with Gasteiger partial charge in [-0.05, 0) is 140 Å². The number of nitrogen functional groups attached to an aromatic ring is 1. The maximum absolute atomic E-state index is 5.75. The van der Waals surface area contributed by atoms with E-state index in [-0.39, 0.29) is 0 Å². The normalized spacial score (nSPS) is 16.7. The predicted octanol–water partition coefficient (Wildman–Crippen LogP) is 11.4. The topological polar surface area (TPSA) is 38.0 Å². The Morgan fingerprint density at radius 1 is 0.521 bits per heavy atom. The molecule has 1 saturated carbocycles. The lowest BCUT2D eigenvalue weighted by Gasteiger charge is -2.39. The van der Waals surface area contributed by atoms with Gasteiger partial charge in [-0.15, -0.1) is 0 Å². The van der Waals surface area contributed by atoms with E-state index in [0.29, 0.717) is 5.92 Å². The molecule has 2 aliphatic carbocycles. The quantitative estimate of drug-likeness (QED) is 0.144. The van der Waals surface area contributed by atoms with Gasteiger partial charge in [-0.25, -0.2) is 0 Å². The molecule has 2 nitrogen and oxygen atoms in total. The number of aryl methyl sites for hydroxylation is 1. The van der Waals surface area contributed by atoms with Gasteiger partial charge in [-0.2, -0.15) is 0 Å². The Bertz CT molecular complexity index is 2350. The van der Waals surface area contributed by atoms with Gasteiger partial charge in [0.15, 0.2) is 0 Å². The van der Waals surface area contributed by atoms with Crippen LogP contribution in [0.5, 0.6) is 0 Å². The van der Waals surface area contributed by atoms with Crippen LogP contribution >= 0.6 is 0 Å². The molecule has 7 aromatic rings. The average molecular weight is 619 g/mol. The summed E-state index contributed by atoms with van der Waals surface area (Å²) in [6.07, 6.45) is 3.83. The summed E-state index contributed by atoms with van der Waals surface area (Å²) in [5.41, 5.74) is 19.0. The minimum Gasteiger partial charge on any atom is -0.324 e. The zero-order chi connectivity index (χ0) is 32.2. The molecule has 9 rings (SSSR count). The van der Waals surface area contributed by atoms with Gasteiger partial charge >= 0.3 is 0 Å². The van der Waals surface area contributed by atoms with Gasteiger partial charge in [-0.3, -0.25) is 5.84 Å². The van der Waals surface area contributed by atoms with Gasteiger partial charge in [0.05, 0.1) is 5.41 Å². The summed E-state index contributed by atoms with van der Waals surface area (Å²) in [5, 5.41) is 2.56. The summed E-state index contributed by atoms with van der Waals surface area (Å²) in [6.45, 7) is 2.29. The van der Waals surface area contributed by atoms with Crippen molar-refractivity contribution >= 4 is 16.5 Å². The first-order valence-corrected chi connectivity index (χ1v) is 17.2. The third-order valence-electron chi connectivity index (χ3n) is 11.0. The Hall–Kier alpha value is -5.44. The number of hydrogen-bond acceptors (Lipinski definition) is 2. The summed E-state index contributed by atoms with van der Waals surface area (Å²) >= 11 is 0. The number of anilines is 1. The molecule has 0 radical (unpaired) electrons. The molecule has 0 saturated heterocycles. The van der Waals surface area contributed by atoms with E-state index >= 15 is 0 Å². The van der Waals surface area contributed by atoms with Crippen LogP contribution in [0.3, 0.4) is 0 Å². The number of nitrogens with one attached hydrogen (secondary N) is 1. The molecular weight excluding hydrogens is 581 g/mol. The Kier molecular flexibility index (Phi) is 6.81. The molecule has 2 heteroatoms. The smallest absolute Gasteiger partial charge is 0.0719 e. The molecule has 0 aromatic heterocycles. The van der Waals surface area contributed by atoms with Crippen molar-refractivity contribution in [2.75, 3.05) is 5.43 Å². The van der Waals surface area contributed by atoms with E-state index in [1.165, 1.54) is 91.2 Å². The summed E-state index contributed by atoms with van der Waals surface area (Å²) in [5.74, 6) is 6.35. The fourth-order valence-corrected chi connectivity index (χ4v) is 8.49. The van der Waals surface area contributed by atoms with E-state index < -0.39 is 5.41 Å². The molecule has 3 N–H and O–H groups in total. The lowest BCUT2D eigenvalue weighted by atomic mass is 9.62. The minimum absolute atomic E-state index is 0.428. The van der Waals surface area contributed by atoms with Crippen molar-refractivity contribution in [2.45, 2.75) is 37.5 Å². The van der Waals surface area contributed by atoms with Crippen LogP contribution in [-0.2, 0) is 5.41 Å². The summed E-state index contributed by atoms with van der Waals surface area (Å²) in [4.78, 5) is 0. The number of benzene rings is 7. The largest absolute Gasteiger partial charge is 0.324 e. The molecule has 0 heterocycles. The summed E-state index contributed by atoms with van der Waals surface area (Å²) in [7, 11) is 0. The molecule has 48 heavy (non-hydrogen) atoms. The second kappa shape index (κ2) is 11.4. The fourth-order valence-electron chi connectivity index (χ4n) is 8.49. The van der Waals surface area contributed by atoms with Crippen LogP contribution in [0.15, 0.2) is 152 Å². The highest BCUT2D eigenvalue weighted by Crippen LogP contribution is 2.60. The van der Waals surface area contributed by atoms with Crippen LogP contribution < -0.4 is 11.3 Å². The van der Waals surface area contributed by atoms with Crippen LogP contribution in [0.4, 0.5) is 5.69 Å². The Morgan fingerprint density at radius 3 is 1.88 bits per heavy atom. The highest BCUT2D eigenvalue weighted by atomic mass is 15.2. The number of hydrazine groups is 1. The average Bonchev–Trinajstić information content (AvgIpc) is 3.39. The van der Waals surface area contributed by atoms with Crippen LogP contribution in [0.1, 0.15) is 58.6 Å².